The number of nitrogens with two attached hydrogens (primary N) is 1. The second kappa shape index (κ2) is 6.13. The molecule has 0 bridgehead atoms. The van der Waals surface area contributed by atoms with Crippen molar-refractivity contribution in [3.63, 3.8) is 0 Å². The molecule has 2 saturated carbocycles. The summed E-state index contributed by atoms with van der Waals surface area (Å²) in [7, 11) is 0. The first-order chi connectivity index (χ1) is 10.2. The molecule has 2 fully saturated rings. The van der Waals surface area contributed by atoms with Gasteiger partial charge in [-0.05, 0) is 37.6 Å². The maximum atomic E-state index is 12.2. The van der Waals surface area contributed by atoms with Crippen LogP contribution in [0.4, 0.5) is 0 Å². The number of carbonyl (C=O) groups is 1. The number of hydrogen-bond donors (Lipinski definition) is 2. The van der Waals surface area contributed by atoms with Gasteiger partial charge in [-0.3, -0.25) is 4.79 Å². The van der Waals surface area contributed by atoms with E-state index in [2.05, 4.69) is 20.1 Å². The minimum Gasteiger partial charge on any atom is -0.349 e. The summed E-state index contributed by atoms with van der Waals surface area (Å²) in [5.74, 6) is 0.948. The summed E-state index contributed by atoms with van der Waals surface area (Å²) in [4.78, 5) is 12.2. The van der Waals surface area contributed by atoms with E-state index in [1.807, 2.05) is 0 Å². The number of hydrogen-bond acceptors (Lipinski definition) is 4. The fraction of sp³-hybridized carbons (Fsp3) is 0.800. The molecule has 3 N–H and O–H groups in total. The van der Waals surface area contributed by atoms with Crippen molar-refractivity contribution in [2.45, 2.75) is 64.0 Å². The Hall–Kier alpha value is -1.43. The van der Waals surface area contributed by atoms with Crippen LogP contribution in [0.1, 0.15) is 63.2 Å². The van der Waals surface area contributed by atoms with Crippen molar-refractivity contribution >= 4 is 5.91 Å². The first-order valence-corrected chi connectivity index (χ1v) is 8.08. The Balaban J connectivity index is 1.52. The third-order valence-corrected chi connectivity index (χ3v) is 4.91. The molecule has 1 aromatic heterocycles. The zero-order valence-electron chi connectivity index (χ0n) is 12.6. The minimum absolute atomic E-state index is 0.0203. The maximum absolute atomic E-state index is 12.2. The highest BCUT2D eigenvalue weighted by molar-refractivity contribution is 5.76. The molecule has 0 aliphatic heterocycles. The Morgan fingerprint density at radius 2 is 2.14 bits per heavy atom. The van der Waals surface area contributed by atoms with Crippen LogP contribution in [-0.4, -0.2) is 27.2 Å². The molecule has 0 atom stereocenters. The van der Waals surface area contributed by atoms with E-state index in [1.165, 1.54) is 32.1 Å². The normalized spacial score (nSPS) is 21.2. The summed E-state index contributed by atoms with van der Waals surface area (Å²) in [6.07, 6.45) is 10.5. The van der Waals surface area contributed by atoms with Crippen molar-refractivity contribution in [1.29, 1.82) is 0 Å². The van der Waals surface area contributed by atoms with Crippen molar-refractivity contribution < 1.29 is 4.79 Å². The van der Waals surface area contributed by atoms with Crippen molar-refractivity contribution in [3.8, 4) is 0 Å². The van der Waals surface area contributed by atoms with Gasteiger partial charge in [-0.15, -0.1) is 10.2 Å². The lowest BCUT2D eigenvalue weighted by atomic mass is 9.71. The molecule has 1 amide bonds. The van der Waals surface area contributed by atoms with E-state index in [1.54, 1.807) is 6.33 Å². The van der Waals surface area contributed by atoms with Crippen LogP contribution in [0, 0.1) is 5.41 Å². The topological polar surface area (TPSA) is 85.8 Å². The van der Waals surface area contributed by atoms with Crippen LogP contribution >= 0.6 is 0 Å². The molecular weight excluding hydrogens is 266 g/mol. The second-order valence-electron chi connectivity index (χ2n) is 6.60. The Kier molecular flexibility index (Phi) is 4.24. The summed E-state index contributed by atoms with van der Waals surface area (Å²) in [6, 6.07) is 0.542. The second-order valence-corrected chi connectivity index (χ2v) is 6.60. The van der Waals surface area contributed by atoms with Gasteiger partial charge in [0.25, 0.3) is 0 Å². The fourth-order valence-corrected chi connectivity index (χ4v) is 3.39. The number of nitrogens with zero attached hydrogens (tertiary/aromatic N) is 3. The Labute approximate surface area is 125 Å². The number of amides is 1. The predicted octanol–water partition coefficient (Wildman–Crippen LogP) is 1.53. The summed E-state index contributed by atoms with van der Waals surface area (Å²) in [5.41, 5.74) is 5.96. The summed E-state index contributed by atoms with van der Waals surface area (Å²) >= 11 is 0. The monoisotopic (exact) mass is 291 g/mol. The molecule has 0 radical (unpaired) electrons. The van der Waals surface area contributed by atoms with E-state index in [4.69, 9.17) is 5.73 Å². The highest BCUT2D eigenvalue weighted by Gasteiger charge is 2.33. The van der Waals surface area contributed by atoms with E-state index in [0.717, 1.165) is 18.7 Å². The lowest BCUT2D eigenvalue weighted by Crippen LogP contribution is -2.38. The number of aromatic nitrogens is 3. The summed E-state index contributed by atoms with van der Waals surface area (Å²) in [5, 5.41) is 11.1. The van der Waals surface area contributed by atoms with Gasteiger partial charge in [-0.2, -0.15) is 0 Å². The van der Waals surface area contributed by atoms with E-state index in [0.29, 0.717) is 25.6 Å². The van der Waals surface area contributed by atoms with E-state index >= 15 is 0 Å². The smallest absolute Gasteiger partial charge is 0.220 e. The zero-order chi connectivity index (χ0) is 14.7. The molecule has 0 spiro atoms. The first-order valence-electron chi connectivity index (χ1n) is 8.08. The Bertz CT molecular complexity index is 488. The van der Waals surface area contributed by atoms with Crippen LogP contribution < -0.4 is 11.1 Å². The average Bonchev–Trinajstić information content (AvgIpc) is 3.24. The lowest BCUT2D eigenvalue weighted by molar-refractivity contribution is -0.124. The largest absolute Gasteiger partial charge is 0.349 e. The van der Waals surface area contributed by atoms with Crippen LogP contribution in [0.2, 0.25) is 0 Å². The van der Waals surface area contributed by atoms with Crippen molar-refractivity contribution in [2.24, 2.45) is 11.1 Å². The SMILES string of the molecule is NCC1(CC(=O)NCc2nncn2C2CC2)CCCCC1. The lowest BCUT2D eigenvalue weighted by Gasteiger charge is -2.35. The molecule has 0 unspecified atom stereocenters. The molecule has 2 aliphatic carbocycles. The van der Waals surface area contributed by atoms with Gasteiger partial charge >= 0.3 is 0 Å². The molecule has 3 rings (SSSR count). The molecule has 2 aliphatic rings. The quantitative estimate of drug-likeness (QED) is 0.832. The molecule has 0 saturated heterocycles. The van der Waals surface area contributed by atoms with Gasteiger partial charge in [0.15, 0.2) is 5.82 Å². The van der Waals surface area contributed by atoms with Crippen LogP contribution in [0.15, 0.2) is 6.33 Å². The van der Waals surface area contributed by atoms with Gasteiger partial charge < -0.3 is 15.6 Å². The van der Waals surface area contributed by atoms with E-state index in [9.17, 15) is 4.79 Å². The maximum Gasteiger partial charge on any atom is 0.220 e. The Morgan fingerprint density at radius 1 is 1.38 bits per heavy atom. The standard InChI is InChI=1S/C15H25N5O/c16-10-15(6-2-1-3-7-15)8-14(21)17-9-13-19-18-11-20(13)12-4-5-12/h11-12H,1-10,16H2,(H,17,21). The highest BCUT2D eigenvalue weighted by Crippen LogP contribution is 2.38. The van der Waals surface area contributed by atoms with Gasteiger partial charge in [0, 0.05) is 12.5 Å². The fourth-order valence-electron chi connectivity index (χ4n) is 3.39. The predicted molar refractivity (Wildman–Crippen MR) is 79.3 cm³/mol. The summed E-state index contributed by atoms with van der Waals surface area (Å²) in [6.45, 7) is 1.08. The molecule has 116 valence electrons. The molecule has 21 heavy (non-hydrogen) atoms. The Morgan fingerprint density at radius 3 is 2.81 bits per heavy atom. The van der Waals surface area contributed by atoms with E-state index in [-0.39, 0.29) is 11.3 Å². The zero-order valence-corrected chi connectivity index (χ0v) is 12.6. The third-order valence-electron chi connectivity index (χ3n) is 4.91. The molecule has 1 heterocycles. The number of rotatable bonds is 6. The van der Waals surface area contributed by atoms with Gasteiger partial charge in [-0.25, -0.2) is 0 Å². The van der Waals surface area contributed by atoms with Gasteiger partial charge in [0.05, 0.1) is 6.54 Å². The first kappa shape index (κ1) is 14.5. The van der Waals surface area contributed by atoms with Crippen LogP contribution in [0.5, 0.6) is 0 Å². The van der Waals surface area contributed by atoms with Crippen LogP contribution in [0.25, 0.3) is 0 Å². The molecule has 6 nitrogen and oxygen atoms in total. The van der Waals surface area contributed by atoms with Crippen molar-refractivity contribution in [1.82, 2.24) is 20.1 Å². The van der Waals surface area contributed by atoms with E-state index < -0.39 is 0 Å². The average molecular weight is 291 g/mol. The molecule has 0 aromatic carbocycles. The van der Waals surface area contributed by atoms with Gasteiger partial charge in [0.1, 0.15) is 6.33 Å². The van der Waals surface area contributed by atoms with Crippen molar-refractivity contribution in [3.05, 3.63) is 12.2 Å². The molecule has 6 heteroatoms. The highest BCUT2D eigenvalue weighted by atomic mass is 16.1. The molecule has 1 aromatic rings. The van der Waals surface area contributed by atoms with Gasteiger partial charge in [0.2, 0.25) is 5.91 Å². The number of nitrogens with one attached hydrogen (secondary N) is 1. The van der Waals surface area contributed by atoms with Crippen LogP contribution in [0.3, 0.4) is 0 Å². The van der Waals surface area contributed by atoms with Gasteiger partial charge in [-0.1, -0.05) is 19.3 Å². The third kappa shape index (κ3) is 3.43. The summed E-state index contributed by atoms with van der Waals surface area (Å²) < 4.78 is 2.08. The number of carbonyl (C=O) groups excluding carboxylic acids is 1. The molecular formula is C15H25N5O. The minimum atomic E-state index is 0.0203. The van der Waals surface area contributed by atoms with Crippen LogP contribution in [-0.2, 0) is 11.3 Å². The van der Waals surface area contributed by atoms with Crippen molar-refractivity contribution in [2.75, 3.05) is 6.54 Å².